The molecular formula is C85H137N8O39P. The van der Waals surface area contributed by atoms with Gasteiger partial charge in [0.25, 0.3) is 8.53 Å². The van der Waals surface area contributed by atoms with E-state index in [2.05, 4.69) is 75.9 Å². The second-order valence-corrected chi connectivity index (χ2v) is 33.3. The first-order valence-corrected chi connectivity index (χ1v) is 45.2. The molecule has 0 aromatic heterocycles. The predicted octanol–water partition coefficient (Wildman–Crippen LogP) is -0.410. The molecule has 7 amide bonds. The minimum absolute atomic E-state index is 0.0134. The summed E-state index contributed by atoms with van der Waals surface area (Å²) in [7, 11) is -1.61. The van der Waals surface area contributed by atoms with E-state index in [1.165, 1.54) is 20.8 Å². The van der Waals surface area contributed by atoms with Crippen LogP contribution in [0.2, 0.25) is 0 Å². The Morgan fingerprint density at radius 3 is 0.970 bits per heavy atom. The highest BCUT2D eigenvalue weighted by Gasteiger charge is 2.55. The predicted molar refractivity (Wildman–Crippen MR) is 458 cm³/mol. The van der Waals surface area contributed by atoms with Crippen LogP contribution in [-0.4, -0.2) is 350 Å². The summed E-state index contributed by atoms with van der Waals surface area (Å²) in [6, 6.07) is -3.64. The van der Waals surface area contributed by atoms with E-state index in [0.29, 0.717) is 32.1 Å². The zero-order valence-corrected chi connectivity index (χ0v) is 79.6. The Hall–Kier alpha value is -9.09. The van der Waals surface area contributed by atoms with Crippen molar-refractivity contribution in [2.24, 2.45) is 17.8 Å². The quantitative estimate of drug-likeness (QED) is 0.0126. The highest BCUT2D eigenvalue weighted by atomic mass is 31.2. The normalized spacial score (nSPS) is 24.0. The molecule has 3 saturated heterocycles. The van der Waals surface area contributed by atoms with Crippen molar-refractivity contribution in [2.45, 2.75) is 272 Å². The molecule has 0 radical (unpaired) electrons. The Kier molecular flexibility index (Phi) is 55.3. The van der Waals surface area contributed by atoms with E-state index in [4.69, 9.17) is 115 Å². The Morgan fingerprint density at radius 2 is 0.692 bits per heavy atom. The number of amides is 7. The Morgan fingerprint density at radius 1 is 0.383 bits per heavy atom. The van der Waals surface area contributed by atoms with E-state index in [0.717, 1.165) is 62.3 Å². The summed E-state index contributed by atoms with van der Waals surface area (Å²) in [6.45, 7) is 18.1. The third kappa shape index (κ3) is 46.8. The van der Waals surface area contributed by atoms with Gasteiger partial charge in [-0.25, -0.2) is 5.09 Å². The molecule has 4 rings (SSSR count). The van der Waals surface area contributed by atoms with Crippen molar-refractivity contribution in [3.05, 3.63) is 0 Å². The van der Waals surface area contributed by atoms with Crippen LogP contribution in [0.5, 0.6) is 0 Å². The summed E-state index contributed by atoms with van der Waals surface area (Å²) in [5, 5.41) is 22.7. The third-order valence-corrected chi connectivity index (χ3v) is 21.2. The van der Waals surface area contributed by atoms with Crippen LogP contribution >= 0.6 is 8.53 Å². The van der Waals surface area contributed by atoms with Gasteiger partial charge in [0, 0.05) is 140 Å². The summed E-state index contributed by atoms with van der Waals surface area (Å²) < 4.78 is 133. The Balaban J connectivity index is 1.52. The number of nitrogens with one attached hydrogen (secondary N) is 8. The lowest BCUT2D eigenvalue weighted by molar-refractivity contribution is -0.279. The summed E-state index contributed by atoms with van der Waals surface area (Å²) >= 11 is 0. The van der Waals surface area contributed by atoms with Crippen molar-refractivity contribution in [3.8, 4) is 12.3 Å². The summed E-state index contributed by atoms with van der Waals surface area (Å²) in [4.78, 5) is 202. The number of esters is 9. The van der Waals surface area contributed by atoms with Gasteiger partial charge >= 0.3 is 53.7 Å². The van der Waals surface area contributed by atoms with Crippen molar-refractivity contribution in [1.82, 2.24) is 42.3 Å². The summed E-state index contributed by atoms with van der Waals surface area (Å²) in [5.74, 6) is -7.99. The van der Waals surface area contributed by atoms with Gasteiger partial charge in [0.2, 0.25) is 41.4 Å². The molecule has 4 aliphatic rings. The molecule has 4 fully saturated rings. The number of carbonyl (C=O) groups excluding carboxylic acids is 16. The summed E-state index contributed by atoms with van der Waals surface area (Å²) in [5.41, 5.74) is -1.58. The van der Waals surface area contributed by atoms with Gasteiger partial charge in [-0.3, -0.25) is 76.7 Å². The van der Waals surface area contributed by atoms with Gasteiger partial charge in [0.15, 0.2) is 55.5 Å². The highest BCUT2D eigenvalue weighted by molar-refractivity contribution is 7.45. The molecule has 0 aromatic rings. The average Bonchev–Trinajstić information content (AvgIpc) is 0.800. The van der Waals surface area contributed by atoms with Crippen LogP contribution in [0.3, 0.4) is 0 Å². The maximum atomic E-state index is 14.9. The molecule has 48 heteroatoms. The van der Waals surface area contributed by atoms with Crippen LogP contribution in [0.1, 0.15) is 162 Å². The van der Waals surface area contributed by atoms with Crippen LogP contribution < -0.4 is 42.3 Å². The first-order chi connectivity index (χ1) is 63.1. The molecular weight excluding hydrogens is 1790 g/mol. The lowest BCUT2D eigenvalue weighted by Gasteiger charge is -2.44. The standard InChI is InChI=1S/C85H137N8O39P/c1-18-19-30-122-133(93-71(49(2)3)50(4)5)132-64-22-20-63(21-23-64)81(109)92-85(46-113-31-24-68(106)86-27-34-110-37-40-116-82-72(89-51(6)94)78(126-60(15)103)75(123-57(12)100)65(129-82)43-119-54(9)97,47-114-32-25-69(107)87-28-35-111-38-41-117-83-73(90-52(7)95)79(127-61(16)104)76(124-58(13)101)66(130-83)44-120-55(10)98)48-115-33-26-70(108)88-29-36-112-39-42-118-84-74(91-53(8)96)80(128-62(17)105)77(125-59(14)102)67(131-84)45-121-56(11)99/h1,49-50,63-67,71-80,82-84,93H,19-48H2,2-17H3,(H,86,106)(H,87,107)(H,88,108)(H,89,94)(H,90,95)(H,91,96)(H,92,109). The smallest absolute Gasteiger partial charge is 0.303 e. The van der Waals surface area contributed by atoms with Crippen LogP contribution in [-0.2, 0) is 185 Å². The molecule has 1 saturated carbocycles. The average molecular weight is 1930 g/mol. The van der Waals surface area contributed by atoms with Gasteiger partial charge in [0.05, 0.1) is 112 Å². The van der Waals surface area contributed by atoms with Crippen molar-refractivity contribution < 1.29 is 185 Å². The zero-order chi connectivity index (χ0) is 98.7. The van der Waals surface area contributed by atoms with Crippen molar-refractivity contribution in [3.63, 3.8) is 0 Å². The number of hydrogen-bond acceptors (Lipinski definition) is 40. The maximum absolute atomic E-state index is 14.9. The number of terminal acetylenes is 1. The second kappa shape index (κ2) is 63.3. The largest absolute Gasteiger partial charge is 0.463 e. The van der Waals surface area contributed by atoms with Gasteiger partial charge < -0.3 is 146 Å². The van der Waals surface area contributed by atoms with Gasteiger partial charge in [-0.15, -0.1) is 12.3 Å². The van der Waals surface area contributed by atoms with Crippen molar-refractivity contribution in [1.29, 1.82) is 0 Å². The van der Waals surface area contributed by atoms with Gasteiger partial charge in [0.1, 0.15) is 61.8 Å². The molecule has 8 N–H and O–H groups in total. The van der Waals surface area contributed by atoms with E-state index in [-0.39, 0.29) is 169 Å². The second-order valence-electron chi connectivity index (χ2n) is 32.1. The minimum atomic E-state index is -1.61. The molecule has 756 valence electrons. The third-order valence-electron chi connectivity index (χ3n) is 19.8. The lowest BCUT2D eigenvalue weighted by atomic mass is 9.86. The van der Waals surface area contributed by atoms with E-state index >= 15 is 0 Å². The van der Waals surface area contributed by atoms with Gasteiger partial charge in [-0.2, -0.15) is 0 Å². The Labute approximate surface area is 775 Å². The number of hydrogen-bond donors (Lipinski definition) is 8. The molecule has 0 spiro atoms. The van der Waals surface area contributed by atoms with Crippen LogP contribution in [0.25, 0.3) is 0 Å². The van der Waals surface area contributed by atoms with Crippen molar-refractivity contribution >= 4 is 104 Å². The molecule has 1 aliphatic carbocycles. The van der Waals surface area contributed by atoms with Gasteiger partial charge in [-0.05, 0) is 37.5 Å². The molecule has 0 aromatic carbocycles. The fraction of sp³-hybridized carbons (Fsp3) is 0.788. The molecule has 133 heavy (non-hydrogen) atoms. The van der Waals surface area contributed by atoms with Gasteiger partial charge in [-0.1, -0.05) is 27.7 Å². The maximum Gasteiger partial charge on any atom is 0.303 e. The molecule has 3 heterocycles. The number of rotatable bonds is 62. The molecule has 0 bridgehead atoms. The molecule has 16 atom stereocenters. The molecule has 3 aliphatic heterocycles. The first kappa shape index (κ1) is 116. The topological polar surface area (TPSA) is 582 Å². The zero-order valence-electron chi connectivity index (χ0n) is 78.7. The lowest BCUT2D eigenvalue weighted by Crippen LogP contribution is -2.66. The fourth-order valence-corrected chi connectivity index (χ4v) is 16.0. The SMILES string of the molecule is C#CCCOP(NC(C(C)C)C(C)C)OC1CCC(C(=O)NC(COCCC(=O)NCCOCCOC2OC(COC(C)=O)C(OC(C)=O)C(OC(C)=O)C2NC(C)=O)(COCCC(=O)NCCOCCOC2OC(COC(C)=O)C(OC(C)=O)C(OC(C)=O)C2NC(C)=O)COCCC(=O)NCCOCCOC2OC(COC(C)=O)C(OC(C)=O)C(OC(C)=O)C2NC(C)=O)CC1. The Bertz CT molecular complexity index is 3410. The first-order valence-electron chi connectivity index (χ1n) is 44.0. The number of carbonyl (C=O) groups is 16. The molecule has 16 unspecified atom stereocenters. The van der Waals surface area contributed by atoms with Crippen LogP contribution in [0.4, 0.5) is 0 Å². The van der Waals surface area contributed by atoms with Crippen molar-refractivity contribution in [2.75, 3.05) is 145 Å². The van der Waals surface area contributed by atoms with E-state index in [9.17, 15) is 76.7 Å². The monoisotopic (exact) mass is 1920 g/mol. The summed E-state index contributed by atoms with van der Waals surface area (Å²) in [6.07, 6.45) is -9.23. The fourth-order valence-electron chi connectivity index (χ4n) is 14.3. The highest BCUT2D eigenvalue weighted by Crippen LogP contribution is 2.42. The van der Waals surface area contributed by atoms with E-state index in [1.807, 2.05) is 0 Å². The van der Waals surface area contributed by atoms with Crippen LogP contribution in [0, 0.1) is 30.1 Å². The number of ether oxygens (including phenoxy) is 21. The minimum Gasteiger partial charge on any atom is -0.463 e. The molecule has 47 nitrogen and oxygen atoms in total. The van der Waals surface area contributed by atoms with Crippen LogP contribution in [0.15, 0.2) is 0 Å². The van der Waals surface area contributed by atoms with E-state index in [1.54, 1.807) is 0 Å². The van der Waals surface area contributed by atoms with E-state index < -0.39 is 227 Å².